The third kappa shape index (κ3) is 2.59. The number of benzene rings is 2. The minimum absolute atomic E-state index is 0.341. The number of aromatic nitrogens is 1. The molecule has 0 saturated carbocycles. The van der Waals surface area contributed by atoms with E-state index in [0.29, 0.717) is 5.88 Å². The average Bonchev–Trinajstić information content (AvgIpc) is 2.84. The maximum atomic E-state index is 6.00. The minimum atomic E-state index is 0.341. The summed E-state index contributed by atoms with van der Waals surface area (Å²) in [7, 11) is 0. The molecule has 0 aliphatic rings. The number of halogens is 1. The van der Waals surface area contributed by atoms with Gasteiger partial charge in [0.05, 0.1) is 5.56 Å². The molecule has 0 atom stereocenters. The summed E-state index contributed by atoms with van der Waals surface area (Å²) in [6.45, 7) is 4.17. The Labute approximate surface area is 131 Å². The normalized spacial score (nSPS) is 10.8. The third-order valence-corrected chi connectivity index (χ3v) is 4.11. The second-order valence-electron chi connectivity index (χ2n) is 5.08. The van der Waals surface area contributed by atoms with Crippen LogP contribution in [0.1, 0.15) is 11.1 Å². The van der Waals surface area contributed by atoms with Gasteiger partial charge in [-0.05, 0) is 42.7 Å². The largest absolute Gasteiger partial charge is 0.367 e. The van der Waals surface area contributed by atoms with Crippen LogP contribution in [0.15, 0.2) is 51.5 Å². The second-order valence-corrected chi connectivity index (χ2v) is 6.00. The fourth-order valence-corrected chi connectivity index (χ4v) is 2.71. The highest BCUT2D eigenvalue weighted by molar-refractivity contribution is 9.10. The smallest absolute Gasteiger partial charge is 0.230 e. The van der Waals surface area contributed by atoms with Crippen molar-refractivity contribution in [1.82, 2.24) is 5.16 Å². The highest BCUT2D eigenvalue weighted by Gasteiger charge is 2.17. The van der Waals surface area contributed by atoms with Crippen molar-refractivity contribution in [2.24, 2.45) is 0 Å². The number of hydrogen-bond acceptors (Lipinski definition) is 3. The van der Waals surface area contributed by atoms with Crippen molar-refractivity contribution >= 4 is 21.8 Å². The van der Waals surface area contributed by atoms with Gasteiger partial charge in [-0.3, -0.25) is 0 Å². The van der Waals surface area contributed by atoms with E-state index in [4.69, 9.17) is 10.3 Å². The molecule has 3 rings (SSSR count). The summed E-state index contributed by atoms with van der Waals surface area (Å²) < 4.78 is 6.22. The summed E-state index contributed by atoms with van der Waals surface area (Å²) >= 11 is 3.48. The Hall–Kier alpha value is -2.07. The van der Waals surface area contributed by atoms with Crippen molar-refractivity contribution in [1.29, 1.82) is 0 Å². The summed E-state index contributed by atoms with van der Waals surface area (Å²) in [5.74, 6) is 0.341. The van der Waals surface area contributed by atoms with Crippen molar-refractivity contribution in [3.63, 3.8) is 0 Å². The summed E-state index contributed by atoms with van der Waals surface area (Å²) in [6, 6.07) is 14.2. The van der Waals surface area contributed by atoms with Crippen molar-refractivity contribution in [2.45, 2.75) is 13.8 Å². The average molecular weight is 343 g/mol. The van der Waals surface area contributed by atoms with Crippen molar-refractivity contribution in [2.75, 3.05) is 5.73 Å². The zero-order chi connectivity index (χ0) is 15.0. The molecule has 2 aromatic carbocycles. The molecule has 0 bridgehead atoms. The van der Waals surface area contributed by atoms with E-state index in [1.807, 2.05) is 30.3 Å². The number of nitrogens with zero attached hydrogens (tertiary/aromatic N) is 1. The lowest BCUT2D eigenvalue weighted by molar-refractivity contribution is 0.439. The number of hydrogen-bond donors (Lipinski definition) is 1. The first-order chi connectivity index (χ1) is 10.1. The van der Waals surface area contributed by atoms with Gasteiger partial charge in [-0.25, -0.2) is 0 Å². The Balaban J connectivity index is 2.19. The van der Waals surface area contributed by atoms with E-state index in [0.717, 1.165) is 26.9 Å². The van der Waals surface area contributed by atoms with Crippen molar-refractivity contribution < 1.29 is 4.52 Å². The number of rotatable bonds is 2. The minimum Gasteiger partial charge on any atom is -0.367 e. The van der Waals surface area contributed by atoms with Gasteiger partial charge in [0.25, 0.3) is 0 Å². The Morgan fingerprint density at radius 1 is 1.00 bits per heavy atom. The summed E-state index contributed by atoms with van der Waals surface area (Å²) in [4.78, 5) is 0. The molecule has 1 heterocycles. The summed E-state index contributed by atoms with van der Waals surface area (Å²) in [5, 5.41) is 4.13. The molecule has 3 aromatic rings. The molecule has 106 valence electrons. The van der Waals surface area contributed by atoms with Crippen LogP contribution < -0.4 is 5.73 Å². The highest BCUT2D eigenvalue weighted by Crippen LogP contribution is 2.37. The molecular formula is C17H15BrN2O. The van der Waals surface area contributed by atoms with Crippen LogP contribution in [-0.4, -0.2) is 5.16 Å². The number of nitrogen functional groups attached to an aromatic ring is 1. The molecule has 0 unspecified atom stereocenters. The first-order valence-electron chi connectivity index (χ1n) is 6.65. The Morgan fingerprint density at radius 3 is 2.52 bits per heavy atom. The van der Waals surface area contributed by atoms with Gasteiger partial charge in [0.2, 0.25) is 5.88 Å². The molecule has 0 aliphatic carbocycles. The van der Waals surface area contributed by atoms with Crippen LogP contribution in [-0.2, 0) is 0 Å². The van der Waals surface area contributed by atoms with Gasteiger partial charge in [0.15, 0.2) is 0 Å². The molecule has 21 heavy (non-hydrogen) atoms. The Kier molecular flexibility index (Phi) is 3.55. The van der Waals surface area contributed by atoms with Crippen LogP contribution in [0.5, 0.6) is 0 Å². The molecule has 2 N–H and O–H groups in total. The van der Waals surface area contributed by atoms with E-state index in [1.165, 1.54) is 11.1 Å². The lowest BCUT2D eigenvalue weighted by Gasteiger charge is -2.06. The highest BCUT2D eigenvalue weighted by atomic mass is 79.9. The summed E-state index contributed by atoms with van der Waals surface area (Å²) in [6.07, 6.45) is 0. The van der Waals surface area contributed by atoms with Gasteiger partial charge in [0, 0.05) is 10.0 Å². The molecule has 0 fully saturated rings. The van der Waals surface area contributed by atoms with Gasteiger partial charge in [-0.1, -0.05) is 51.4 Å². The molecule has 1 aromatic heterocycles. The van der Waals surface area contributed by atoms with Crippen LogP contribution in [0.4, 0.5) is 5.88 Å². The number of nitrogens with two attached hydrogens (primary N) is 1. The molecular weight excluding hydrogens is 328 g/mol. The molecule has 0 amide bonds. The van der Waals surface area contributed by atoms with E-state index in [9.17, 15) is 0 Å². The second kappa shape index (κ2) is 5.37. The number of anilines is 1. The van der Waals surface area contributed by atoms with E-state index in [2.05, 4.69) is 47.1 Å². The molecule has 0 aliphatic heterocycles. The van der Waals surface area contributed by atoms with E-state index in [1.54, 1.807) is 0 Å². The van der Waals surface area contributed by atoms with Gasteiger partial charge < -0.3 is 10.3 Å². The Morgan fingerprint density at radius 2 is 1.81 bits per heavy atom. The topological polar surface area (TPSA) is 52.0 Å². The van der Waals surface area contributed by atoms with Gasteiger partial charge in [0.1, 0.15) is 5.69 Å². The van der Waals surface area contributed by atoms with Crippen LogP contribution in [0.3, 0.4) is 0 Å². The first-order valence-corrected chi connectivity index (χ1v) is 7.44. The molecule has 0 spiro atoms. The zero-order valence-corrected chi connectivity index (χ0v) is 13.4. The molecule has 0 radical (unpaired) electrons. The van der Waals surface area contributed by atoms with Crippen LogP contribution >= 0.6 is 15.9 Å². The lowest BCUT2D eigenvalue weighted by Crippen LogP contribution is -1.89. The monoisotopic (exact) mass is 342 g/mol. The fourth-order valence-electron chi connectivity index (χ4n) is 2.31. The lowest BCUT2D eigenvalue weighted by atomic mass is 9.98. The van der Waals surface area contributed by atoms with Crippen molar-refractivity contribution in [3.05, 3.63) is 58.1 Å². The third-order valence-electron chi connectivity index (χ3n) is 3.61. The fraction of sp³-hybridized carbons (Fsp3) is 0.118. The SMILES string of the molecule is Cc1ccc(-c2c(-c3cccc(Br)c3)noc2N)cc1C. The van der Waals surface area contributed by atoms with Gasteiger partial charge >= 0.3 is 0 Å². The van der Waals surface area contributed by atoms with E-state index < -0.39 is 0 Å². The molecule has 0 saturated heterocycles. The van der Waals surface area contributed by atoms with Gasteiger partial charge in [-0.2, -0.15) is 0 Å². The van der Waals surface area contributed by atoms with Crippen LogP contribution in [0.25, 0.3) is 22.4 Å². The predicted octanol–water partition coefficient (Wildman–Crippen LogP) is 4.97. The molecule has 4 heteroatoms. The maximum Gasteiger partial charge on any atom is 0.230 e. The van der Waals surface area contributed by atoms with E-state index >= 15 is 0 Å². The van der Waals surface area contributed by atoms with Crippen molar-refractivity contribution in [3.8, 4) is 22.4 Å². The number of aryl methyl sites for hydroxylation is 2. The first kappa shape index (κ1) is 13.9. The van der Waals surface area contributed by atoms with E-state index in [-0.39, 0.29) is 0 Å². The standard InChI is InChI=1S/C17H15BrN2O/c1-10-6-7-12(8-11(10)2)15-16(20-21-17(15)19)13-4-3-5-14(18)9-13/h3-9H,19H2,1-2H3. The maximum absolute atomic E-state index is 6.00. The van der Waals surface area contributed by atoms with Gasteiger partial charge in [-0.15, -0.1) is 0 Å². The Bertz CT molecular complexity index is 808. The quantitative estimate of drug-likeness (QED) is 0.715. The molecule has 3 nitrogen and oxygen atoms in total. The van der Waals surface area contributed by atoms with Crippen LogP contribution in [0.2, 0.25) is 0 Å². The predicted molar refractivity (Wildman–Crippen MR) is 89.0 cm³/mol. The summed E-state index contributed by atoms with van der Waals surface area (Å²) in [5.41, 5.74) is 12.1. The zero-order valence-electron chi connectivity index (χ0n) is 11.9. The van der Waals surface area contributed by atoms with Crippen LogP contribution in [0, 0.1) is 13.8 Å².